The van der Waals surface area contributed by atoms with Crippen LogP contribution in [-0.4, -0.2) is 13.7 Å². The largest absolute Gasteiger partial charge is 0.385 e. The summed E-state index contributed by atoms with van der Waals surface area (Å²) in [5.41, 5.74) is 0. The van der Waals surface area contributed by atoms with Gasteiger partial charge in [-0.25, -0.2) is 0 Å². The third-order valence-electron chi connectivity index (χ3n) is 2.45. The van der Waals surface area contributed by atoms with E-state index in [0.29, 0.717) is 0 Å². The Bertz CT molecular complexity index is 118. The summed E-state index contributed by atoms with van der Waals surface area (Å²) in [6, 6.07) is 0. The van der Waals surface area contributed by atoms with Gasteiger partial charge in [0.1, 0.15) is 0 Å². The van der Waals surface area contributed by atoms with Crippen molar-refractivity contribution in [2.75, 3.05) is 13.7 Å². The van der Waals surface area contributed by atoms with Crippen LogP contribution in [0.25, 0.3) is 0 Å². The normalized spacial score (nSPS) is 11.3. The van der Waals surface area contributed by atoms with Crippen molar-refractivity contribution in [2.24, 2.45) is 0 Å². The molecule has 0 aliphatic heterocycles. The first-order valence-corrected chi connectivity index (χ1v) is 6.02. The van der Waals surface area contributed by atoms with Crippen molar-refractivity contribution in [3.8, 4) is 0 Å². The van der Waals surface area contributed by atoms with Crippen molar-refractivity contribution in [3.05, 3.63) is 12.2 Å². The Morgan fingerprint density at radius 1 is 0.857 bits per heavy atom. The fourth-order valence-electron chi connectivity index (χ4n) is 1.56. The topological polar surface area (TPSA) is 9.23 Å². The lowest BCUT2D eigenvalue weighted by molar-refractivity contribution is 0.192. The van der Waals surface area contributed by atoms with E-state index >= 15 is 0 Å². The fourth-order valence-corrected chi connectivity index (χ4v) is 1.56. The monoisotopic (exact) mass is 198 g/mol. The van der Waals surface area contributed by atoms with Crippen molar-refractivity contribution in [3.63, 3.8) is 0 Å². The molecule has 0 atom stereocenters. The summed E-state index contributed by atoms with van der Waals surface area (Å²) >= 11 is 0. The first-order valence-electron chi connectivity index (χ1n) is 6.02. The molecular formula is C13H26O. The van der Waals surface area contributed by atoms with Gasteiger partial charge in [-0.15, -0.1) is 0 Å². The molecule has 0 bridgehead atoms. The molecule has 0 rings (SSSR count). The molecule has 0 amide bonds. The van der Waals surface area contributed by atoms with E-state index in [1.165, 1.54) is 51.4 Å². The van der Waals surface area contributed by atoms with Crippen LogP contribution in [0.15, 0.2) is 12.2 Å². The molecule has 0 aromatic carbocycles. The van der Waals surface area contributed by atoms with E-state index in [0.717, 1.165) is 6.61 Å². The predicted octanol–water partition coefficient (Wildman–Crippen LogP) is 4.33. The number of unbranched alkanes of at least 4 members (excludes halogenated alkanes) is 7. The number of rotatable bonds is 10. The van der Waals surface area contributed by atoms with E-state index in [1.54, 1.807) is 7.11 Å². The van der Waals surface area contributed by atoms with E-state index in [4.69, 9.17) is 4.74 Å². The molecule has 0 heterocycles. The fraction of sp³-hybridized carbons (Fsp3) is 0.846. The molecule has 0 radical (unpaired) electrons. The van der Waals surface area contributed by atoms with E-state index in [2.05, 4.69) is 19.1 Å². The highest BCUT2D eigenvalue weighted by Crippen LogP contribution is 2.08. The van der Waals surface area contributed by atoms with Gasteiger partial charge < -0.3 is 4.74 Å². The molecule has 1 nitrogen and oxygen atoms in total. The summed E-state index contributed by atoms with van der Waals surface area (Å²) < 4.78 is 5.01. The minimum Gasteiger partial charge on any atom is -0.385 e. The van der Waals surface area contributed by atoms with Crippen LogP contribution in [0, 0.1) is 0 Å². The van der Waals surface area contributed by atoms with E-state index < -0.39 is 0 Å². The van der Waals surface area contributed by atoms with Crippen LogP contribution in [0.1, 0.15) is 58.3 Å². The Balaban J connectivity index is 2.85. The molecule has 0 N–H and O–H groups in total. The zero-order valence-electron chi connectivity index (χ0n) is 9.93. The van der Waals surface area contributed by atoms with Crippen molar-refractivity contribution in [1.29, 1.82) is 0 Å². The Hall–Kier alpha value is -0.300. The maximum Gasteiger partial charge on any atom is 0.0462 e. The summed E-state index contributed by atoms with van der Waals surface area (Å²) in [6.07, 6.45) is 15.2. The summed E-state index contributed by atoms with van der Waals surface area (Å²) in [7, 11) is 1.78. The van der Waals surface area contributed by atoms with Gasteiger partial charge in [0.25, 0.3) is 0 Å². The lowest BCUT2D eigenvalue weighted by Crippen LogP contribution is -1.88. The zero-order valence-corrected chi connectivity index (χ0v) is 9.93. The molecule has 0 aromatic heterocycles. The molecule has 0 aliphatic carbocycles. The SMILES string of the molecule is CC=CCCCCCCCCCOC. The van der Waals surface area contributed by atoms with Crippen LogP contribution in [0.3, 0.4) is 0 Å². The average molecular weight is 198 g/mol. The molecule has 0 aliphatic rings. The first kappa shape index (κ1) is 13.7. The number of hydrogen-bond acceptors (Lipinski definition) is 1. The first-order chi connectivity index (χ1) is 6.91. The van der Waals surface area contributed by atoms with Crippen molar-refractivity contribution < 1.29 is 4.74 Å². The van der Waals surface area contributed by atoms with E-state index in [1.807, 2.05) is 0 Å². The van der Waals surface area contributed by atoms with Gasteiger partial charge in [-0.3, -0.25) is 0 Å². The highest BCUT2D eigenvalue weighted by atomic mass is 16.5. The molecule has 0 saturated carbocycles. The third-order valence-corrected chi connectivity index (χ3v) is 2.45. The second-order valence-electron chi connectivity index (χ2n) is 3.83. The summed E-state index contributed by atoms with van der Waals surface area (Å²) in [4.78, 5) is 0. The van der Waals surface area contributed by atoms with Crippen LogP contribution < -0.4 is 0 Å². The molecule has 84 valence electrons. The quantitative estimate of drug-likeness (QED) is 0.375. The van der Waals surface area contributed by atoms with Gasteiger partial charge in [0.15, 0.2) is 0 Å². The zero-order chi connectivity index (χ0) is 10.5. The highest BCUT2D eigenvalue weighted by molar-refractivity contribution is 4.76. The maximum absolute atomic E-state index is 5.01. The molecule has 0 spiro atoms. The Labute approximate surface area is 89.5 Å². The average Bonchev–Trinajstić information content (AvgIpc) is 2.21. The molecule has 14 heavy (non-hydrogen) atoms. The Morgan fingerprint density at radius 2 is 1.43 bits per heavy atom. The van der Waals surface area contributed by atoms with Gasteiger partial charge in [-0.2, -0.15) is 0 Å². The smallest absolute Gasteiger partial charge is 0.0462 e. The van der Waals surface area contributed by atoms with Gasteiger partial charge >= 0.3 is 0 Å². The van der Waals surface area contributed by atoms with Crippen LogP contribution in [0.5, 0.6) is 0 Å². The lowest BCUT2D eigenvalue weighted by Gasteiger charge is -2.00. The van der Waals surface area contributed by atoms with Crippen LogP contribution in [-0.2, 0) is 4.74 Å². The number of hydrogen-bond donors (Lipinski definition) is 0. The summed E-state index contributed by atoms with van der Waals surface area (Å²) in [5, 5.41) is 0. The van der Waals surface area contributed by atoms with Gasteiger partial charge in [0, 0.05) is 13.7 Å². The molecule has 0 unspecified atom stereocenters. The van der Waals surface area contributed by atoms with Crippen LogP contribution in [0.2, 0.25) is 0 Å². The van der Waals surface area contributed by atoms with Gasteiger partial charge in [-0.05, 0) is 26.2 Å². The third kappa shape index (κ3) is 11.7. The van der Waals surface area contributed by atoms with E-state index in [9.17, 15) is 0 Å². The minimum atomic E-state index is 0.932. The number of ether oxygens (including phenoxy) is 1. The molecule has 0 saturated heterocycles. The van der Waals surface area contributed by atoms with E-state index in [-0.39, 0.29) is 0 Å². The minimum absolute atomic E-state index is 0.932. The standard InChI is InChI=1S/C13H26O/c1-3-4-5-6-7-8-9-10-11-12-13-14-2/h3-4H,5-13H2,1-2H3. The Kier molecular flexibility index (Phi) is 12.4. The molecule has 1 heteroatoms. The Morgan fingerprint density at radius 3 is 2.00 bits per heavy atom. The second-order valence-corrected chi connectivity index (χ2v) is 3.83. The maximum atomic E-state index is 5.01. The number of allylic oxidation sites excluding steroid dienone is 2. The molecular weight excluding hydrogens is 172 g/mol. The van der Waals surface area contributed by atoms with Gasteiger partial charge in [-0.1, -0.05) is 44.3 Å². The van der Waals surface area contributed by atoms with Crippen molar-refractivity contribution in [1.82, 2.24) is 0 Å². The van der Waals surface area contributed by atoms with Gasteiger partial charge in [0.2, 0.25) is 0 Å². The highest BCUT2D eigenvalue weighted by Gasteiger charge is 1.90. The van der Waals surface area contributed by atoms with Crippen LogP contribution >= 0.6 is 0 Å². The van der Waals surface area contributed by atoms with Crippen molar-refractivity contribution >= 4 is 0 Å². The predicted molar refractivity (Wildman–Crippen MR) is 63.6 cm³/mol. The second kappa shape index (κ2) is 12.7. The summed E-state index contributed by atoms with van der Waals surface area (Å²) in [5.74, 6) is 0. The van der Waals surface area contributed by atoms with Crippen LogP contribution in [0.4, 0.5) is 0 Å². The van der Waals surface area contributed by atoms with Gasteiger partial charge in [0.05, 0.1) is 0 Å². The molecule has 0 fully saturated rings. The summed E-state index contributed by atoms with van der Waals surface area (Å²) in [6.45, 7) is 3.02. The number of methoxy groups -OCH3 is 1. The lowest BCUT2D eigenvalue weighted by atomic mass is 10.1. The molecule has 0 aromatic rings. The van der Waals surface area contributed by atoms with Crippen molar-refractivity contribution in [2.45, 2.75) is 58.3 Å².